The fourth-order valence-electron chi connectivity index (χ4n) is 1.65. The standard InChI is InChI=1S/C12H12N2O4/c15-7-2-8-18-11-5-4-10(14(16)17)9-3-1-6-13-12(9)11/h1,3-6,15H,2,7-8H2. The van der Waals surface area contributed by atoms with Crippen LogP contribution in [0.2, 0.25) is 0 Å². The number of non-ortho nitro benzene ring substituents is 1. The molecule has 6 heteroatoms. The van der Waals surface area contributed by atoms with Crippen molar-refractivity contribution in [1.29, 1.82) is 0 Å². The molecule has 0 fully saturated rings. The van der Waals surface area contributed by atoms with Crippen LogP contribution in [0.25, 0.3) is 10.9 Å². The lowest BCUT2D eigenvalue weighted by molar-refractivity contribution is -0.383. The van der Waals surface area contributed by atoms with Crippen LogP contribution >= 0.6 is 0 Å². The first-order valence-electron chi connectivity index (χ1n) is 5.50. The van der Waals surface area contributed by atoms with Gasteiger partial charge in [-0.1, -0.05) is 0 Å². The van der Waals surface area contributed by atoms with Gasteiger partial charge in [0.1, 0.15) is 11.3 Å². The Balaban J connectivity index is 2.44. The molecule has 2 aromatic rings. The first-order chi connectivity index (χ1) is 8.74. The summed E-state index contributed by atoms with van der Waals surface area (Å²) >= 11 is 0. The van der Waals surface area contributed by atoms with Gasteiger partial charge in [0.25, 0.3) is 5.69 Å². The molecule has 0 saturated carbocycles. The number of aromatic nitrogens is 1. The van der Waals surface area contributed by atoms with Gasteiger partial charge in [0.2, 0.25) is 0 Å². The number of nitro groups is 1. The molecule has 0 aliphatic carbocycles. The van der Waals surface area contributed by atoms with Crippen molar-refractivity contribution in [2.75, 3.05) is 13.2 Å². The summed E-state index contributed by atoms with van der Waals surface area (Å²) in [7, 11) is 0. The average Bonchev–Trinajstić information content (AvgIpc) is 2.38. The molecule has 0 aliphatic rings. The molecule has 1 heterocycles. The van der Waals surface area contributed by atoms with Crippen molar-refractivity contribution in [3.8, 4) is 5.75 Å². The van der Waals surface area contributed by atoms with Crippen molar-refractivity contribution in [2.45, 2.75) is 6.42 Å². The maximum atomic E-state index is 10.9. The van der Waals surface area contributed by atoms with E-state index in [0.29, 0.717) is 29.7 Å². The number of hydrogen-bond donors (Lipinski definition) is 1. The first kappa shape index (κ1) is 12.3. The Morgan fingerprint density at radius 1 is 1.39 bits per heavy atom. The third kappa shape index (κ3) is 2.38. The number of fused-ring (bicyclic) bond motifs is 1. The summed E-state index contributed by atoms with van der Waals surface area (Å²) in [6.45, 7) is 0.387. The molecule has 2 rings (SSSR count). The van der Waals surface area contributed by atoms with Crippen LogP contribution in [0.1, 0.15) is 6.42 Å². The molecular weight excluding hydrogens is 236 g/mol. The van der Waals surface area contributed by atoms with Crippen LogP contribution in [-0.4, -0.2) is 28.2 Å². The molecule has 0 amide bonds. The molecule has 1 aromatic heterocycles. The molecule has 0 aliphatic heterocycles. The zero-order valence-corrected chi connectivity index (χ0v) is 9.57. The molecule has 6 nitrogen and oxygen atoms in total. The summed E-state index contributed by atoms with van der Waals surface area (Å²) in [4.78, 5) is 14.6. The molecule has 0 bridgehead atoms. The van der Waals surface area contributed by atoms with E-state index in [9.17, 15) is 10.1 Å². The fraction of sp³-hybridized carbons (Fsp3) is 0.250. The molecule has 1 N–H and O–H groups in total. The molecule has 0 spiro atoms. The lowest BCUT2D eigenvalue weighted by Gasteiger charge is -2.07. The van der Waals surface area contributed by atoms with E-state index in [4.69, 9.17) is 9.84 Å². The Labute approximate surface area is 103 Å². The highest BCUT2D eigenvalue weighted by molar-refractivity contribution is 5.92. The third-order valence-electron chi connectivity index (χ3n) is 2.47. The second-order valence-corrected chi connectivity index (χ2v) is 3.67. The normalized spacial score (nSPS) is 10.5. The first-order valence-corrected chi connectivity index (χ1v) is 5.50. The van der Waals surface area contributed by atoms with E-state index in [0.717, 1.165) is 0 Å². The molecule has 1 aromatic carbocycles. The Bertz CT molecular complexity index is 571. The van der Waals surface area contributed by atoms with Crippen molar-refractivity contribution >= 4 is 16.6 Å². The quantitative estimate of drug-likeness (QED) is 0.496. The zero-order valence-electron chi connectivity index (χ0n) is 9.57. The van der Waals surface area contributed by atoms with Gasteiger partial charge in [-0.25, -0.2) is 0 Å². The van der Waals surface area contributed by atoms with Gasteiger partial charge in [-0.15, -0.1) is 0 Å². The predicted molar refractivity (Wildman–Crippen MR) is 65.6 cm³/mol. The number of rotatable bonds is 5. The summed E-state index contributed by atoms with van der Waals surface area (Å²) < 4.78 is 5.45. The van der Waals surface area contributed by atoms with Crippen LogP contribution in [-0.2, 0) is 0 Å². The fourth-order valence-corrected chi connectivity index (χ4v) is 1.65. The number of aliphatic hydroxyl groups is 1. The third-order valence-corrected chi connectivity index (χ3v) is 2.47. The number of ether oxygens (including phenoxy) is 1. The maximum absolute atomic E-state index is 10.9. The highest BCUT2D eigenvalue weighted by Crippen LogP contribution is 2.31. The van der Waals surface area contributed by atoms with E-state index in [-0.39, 0.29) is 12.3 Å². The number of hydrogen-bond acceptors (Lipinski definition) is 5. The van der Waals surface area contributed by atoms with Gasteiger partial charge >= 0.3 is 0 Å². The SMILES string of the molecule is O=[N+]([O-])c1ccc(OCCCO)c2ncccc12. The van der Waals surface area contributed by atoms with Gasteiger partial charge < -0.3 is 9.84 Å². The number of aliphatic hydroxyl groups excluding tert-OH is 1. The van der Waals surface area contributed by atoms with Gasteiger partial charge in [0, 0.05) is 25.3 Å². The molecule has 18 heavy (non-hydrogen) atoms. The predicted octanol–water partition coefficient (Wildman–Crippen LogP) is 1.90. The van der Waals surface area contributed by atoms with E-state index < -0.39 is 4.92 Å². The molecular formula is C12H12N2O4. The number of nitro benzene ring substituents is 1. The minimum absolute atomic E-state index is 0.00704. The summed E-state index contributed by atoms with van der Waals surface area (Å²) in [5.74, 6) is 0.490. The lowest BCUT2D eigenvalue weighted by Crippen LogP contribution is -2.01. The number of benzene rings is 1. The van der Waals surface area contributed by atoms with Crippen LogP contribution in [0, 0.1) is 10.1 Å². The molecule has 0 saturated heterocycles. The summed E-state index contributed by atoms with van der Waals surface area (Å²) in [6.07, 6.45) is 2.07. The molecule has 0 unspecified atom stereocenters. The zero-order chi connectivity index (χ0) is 13.0. The highest BCUT2D eigenvalue weighted by Gasteiger charge is 2.15. The molecule has 0 atom stereocenters. The minimum Gasteiger partial charge on any atom is -0.491 e. The number of pyridine rings is 1. The Morgan fingerprint density at radius 3 is 2.94 bits per heavy atom. The number of nitrogens with zero attached hydrogens (tertiary/aromatic N) is 2. The average molecular weight is 248 g/mol. The van der Waals surface area contributed by atoms with E-state index in [1.807, 2.05) is 0 Å². The van der Waals surface area contributed by atoms with Crippen molar-refractivity contribution < 1.29 is 14.8 Å². The van der Waals surface area contributed by atoms with Crippen LogP contribution in [0.4, 0.5) is 5.69 Å². The van der Waals surface area contributed by atoms with Crippen molar-refractivity contribution in [3.05, 3.63) is 40.6 Å². The highest BCUT2D eigenvalue weighted by atomic mass is 16.6. The second kappa shape index (κ2) is 5.42. The van der Waals surface area contributed by atoms with Gasteiger partial charge in [0.05, 0.1) is 16.9 Å². The van der Waals surface area contributed by atoms with Gasteiger partial charge in [-0.2, -0.15) is 0 Å². The Hall–Kier alpha value is -2.21. The lowest BCUT2D eigenvalue weighted by atomic mass is 10.1. The van der Waals surface area contributed by atoms with Gasteiger partial charge in [-0.05, 0) is 18.2 Å². The summed E-state index contributed by atoms with van der Waals surface area (Å²) in [6, 6.07) is 6.22. The van der Waals surface area contributed by atoms with Crippen LogP contribution in [0.15, 0.2) is 30.5 Å². The van der Waals surface area contributed by atoms with E-state index in [1.165, 1.54) is 12.1 Å². The van der Waals surface area contributed by atoms with Gasteiger partial charge in [-0.3, -0.25) is 15.1 Å². The van der Waals surface area contributed by atoms with Gasteiger partial charge in [0.15, 0.2) is 0 Å². The summed E-state index contributed by atoms with van der Waals surface area (Å²) in [5, 5.41) is 20.0. The monoisotopic (exact) mass is 248 g/mol. The summed E-state index contributed by atoms with van der Waals surface area (Å²) in [5.41, 5.74) is 0.470. The maximum Gasteiger partial charge on any atom is 0.279 e. The van der Waals surface area contributed by atoms with E-state index >= 15 is 0 Å². The van der Waals surface area contributed by atoms with Crippen molar-refractivity contribution in [1.82, 2.24) is 4.98 Å². The smallest absolute Gasteiger partial charge is 0.279 e. The molecule has 94 valence electrons. The van der Waals surface area contributed by atoms with Crippen LogP contribution < -0.4 is 4.74 Å². The van der Waals surface area contributed by atoms with Crippen molar-refractivity contribution in [3.63, 3.8) is 0 Å². The topological polar surface area (TPSA) is 85.5 Å². The Morgan fingerprint density at radius 2 is 2.22 bits per heavy atom. The second-order valence-electron chi connectivity index (χ2n) is 3.67. The van der Waals surface area contributed by atoms with E-state index in [1.54, 1.807) is 18.3 Å². The van der Waals surface area contributed by atoms with E-state index in [2.05, 4.69) is 4.98 Å². The van der Waals surface area contributed by atoms with Crippen molar-refractivity contribution in [2.24, 2.45) is 0 Å². The minimum atomic E-state index is -0.443. The molecule has 0 radical (unpaired) electrons. The largest absolute Gasteiger partial charge is 0.491 e. The van der Waals surface area contributed by atoms with Crippen LogP contribution in [0.5, 0.6) is 5.75 Å². The van der Waals surface area contributed by atoms with Crippen LogP contribution in [0.3, 0.4) is 0 Å². The Kier molecular flexibility index (Phi) is 3.69.